The summed E-state index contributed by atoms with van der Waals surface area (Å²) in [5.74, 6) is 0. The van der Waals surface area contributed by atoms with Gasteiger partial charge in [-0.05, 0) is 25.7 Å². The van der Waals surface area contributed by atoms with Crippen LogP contribution in [0.2, 0.25) is 0 Å². The van der Waals surface area contributed by atoms with Crippen LogP contribution in [-0.4, -0.2) is 46.7 Å². The minimum Gasteiger partial charge on any atom is -0.195 e. The van der Waals surface area contributed by atoms with Gasteiger partial charge in [-0.1, -0.05) is 0 Å². The molecule has 0 radical (unpaired) electrons. The highest BCUT2D eigenvalue weighted by molar-refractivity contribution is 5.75. The monoisotopic (exact) mass is 250 g/mol. The topological polar surface area (TPSA) is 64.9 Å². The van der Waals surface area contributed by atoms with E-state index in [0.29, 0.717) is 13.1 Å². The highest BCUT2D eigenvalue weighted by atomic mass is 16.2. The average Bonchev–Trinajstić information content (AvgIpc) is 2.46. The number of hydrogen-bond acceptors (Lipinski definition) is 2. The lowest BCUT2D eigenvalue weighted by atomic mass is 10.2. The molecule has 2 heterocycles. The van der Waals surface area contributed by atoms with Gasteiger partial charge in [-0.3, -0.25) is 0 Å². The van der Waals surface area contributed by atoms with Gasteiger partial charge in [0.2, 0.25) is 10.2 Å². The van der Waals surface area contributed by atoms with Gasteiger partial charge in [0.1, 0.15) is 0 Å². The van der Waals surface area contributed by atoms with Crippen molar-refractivity contribution in [1.82, 2.24) is 0 Å². The Morgan fingerprint density at radius 1 is 0.778 bits per heavy atom. The van der Waals surface area contributed by atoms with Gasteiger partial charge in [-0.2, -0.15) is 18.7 Å². The summed E-state index contributed by atoms with van der Waals surface area (Å²) in [5.41, 5.74) is 0. The second kappa shape index (κ2) is 6.28. The third-order valence-corrected chi connectivity index (χ3v) is 3.12. The number of hydrogen-bond donors (Lipinski definition) is 0. The first-order valence-electron chi connectivity index (χ1n) is 6.47. The molecule has 0 aromatic carbocycles. The van der Waals surface area contributed by atoms with E-state index in [4.69, 9.17) is 0 Å². The Kier molecular flexibility index (Phi) is 4.44. The number of azo groups is 1. The molecule has 96 valence electrons. The summed E-state index contributed by atoms with van der Waals surface area (Å²) in [6.07, 6.45) is 9.57. The maximum absolute atomic E-state index is 11.6. The molecule has 0 aliphatic carbocycles. The quantitative estimate of drug-likeness (QED) is 0.488. The molecule has 0 saturated heterocycles. The summed E-state index contributed by atoms with van der Waals surface area (Å²) in [4.78, 5) is 23.3. The smallest absolute Gasteiger partial charge is 0.195 e. The van der Waals surface area contributed by atoms with Crippen molar-refractivity contribution in [3.05, 3.63) is 0 Å². The molecule has 0 aromatic rings. The van der Waals surface area contributed by atoms with Crippen LogP contribution in [0.15, 0.2) is 10.2 Å². The number of rotatable bonds is 0. The molecule has 0 bridgehead atoms. The Labute approximate surface area is 106 Å². The summed E-state index contributed by atoms with van der Waals surface area (Å²) in [6.45, 7) is 1.34. The summed E-state index contributed by atoms with van der Waals surface area (Å²) in [6, 6.07) is -0.889. The number of nitrogens with zero attached hydrogens (tertiary/aromatic N) is 4. The van der Waals surface area contributed by atoms with Crippen LogP contribution >= 0.6 is 0 Å². The van der Waals surface area contributed by atoms with Gasteiger partial charge in [-0.25, -0.2) is 0 Å². The Balaban J connectivity index is 1.93. The van der Waals surface area contributed by atoms with Crippen LogP contribution in [0.3, 0.4) is 0 Å². The molecule has 0 N–H and O–H groups in total. The normalized spacial score (nSPS) is 20.4. The molecular weight excluding hydrogens is 232 g/mol. The number of carbonyl (C=O) groups excluding carboxylic acids is 2. The van der Waals surface area contributed by atoms with Gasteiger partial charge in [0.15, 0.2) is 0 Å². The molecule has 18 heavy (non-hydrogen) atoms. The van der Waals surface area contributed by atoms with Crippen LogP contribution < -0.4 is 0 Å². The predicted octanol–water partition coefficient (Wildman–Crippen LogP) is 2.21. The fraction of sp³-hybridized carbons (Fsp3) is 0.667. The molecule has 0 fully saturated rings. The highest BCUT2D eigenvalue weighted by Gasteiger charge is 2.27. The molecule has 0 atom stereocenters. The van der Waals surface area contributed by atoms with Crippen molar-refractivity contribution in [3.63, 3.8) is 0 Å². The molecule has 4 amide bonds. The fourth-order valence-electron chi connectivity index (χ4n) is 2.08. The van der Waals surface area contributed by atoms with Crippen LogP contribution in [0.5, 0.6) is 0 Å². The lowest BCUT2D eigenvalue weighted by Crippen LogP contribution is -2.25. The molecule has 0 spiro atoms. The van der Waals surface area contributed by atoms with Crippen molar-refractivity contribution >= 4 is 24.5 Å². The van der Waals surface area contributed by atoms with Gasteiger partial charge in [0, 0.05) is 12.8 Å². The molecule has 6 heteroatoms. The number of carbonyl (C=O) groups is 2. The maximum atomic E-state index is 11.6. The molecule has 2 rings (SSSR count). The fourth-order valence-corrected chi connectivity index (χ4v) is 2.08. The molecule has 0 aromatic heterocycles. The Hall–Kier alpha value is -1.72. The summed E-state index contributed by atoms with van der Waals surface area (Å²) in [5, 5.41) is 6.99. The Bertz CT molecular complexity index is 397. The van der Waals surface area contributed by atoms with E-state index in [9.17, 15) is 9.59 Å². The Morgan fingerprint density at radius 2 is 1.22 bits per heavy atom. The first-order valence-corrected chi connectivity index (χ1v) is 6.47. The van der Waals surface area contributed by atoms with E-state index in [0.717, 1.165) is 38.5 Å². The van der Waals surface area contributed by atoms with Crippen LogP contribution in [0.1, 0.15) is 38.5 Å². The first-order chi connectivity index (χ1) is 8.77. The van der Waals surface area contributed by atoms with Gasteiger partial charge in [0.25, 0.3) is 0 Å². The Morgan fingerprint density at radius 3 is 1.56 bits per heavy atom. The second-order valence-corrected chi connectivity index (χ2v) is 4.51. The lowest BCUT2D eigenvalue weighted by molar-refractivity contribution is -0.431. The number of amides is 4. The third kappa shape index (κ3) is 3.38. The first kappa shape index (κ1) is 12.7. The maximum Gasteiger partial charge on any atom is 0.587 e. The van der Waals surface area contributed by atoms with Crippen molar-refractivity contribution in [2.24, 2.45) is 10.2 Å². The average molecular weight is 250 g/mol. The predicted molar refractivity (Wildman–Crippen MR) is 65.7 cm³/mol. The van der Waals surface area contributed by atoms with Gasteiger partial charge < -0.3 is 0 Å². The van der Waals surface area contributed by atoms with Gasteiger partial charge in [0.05, 0.1) is 25.5 Å². The zero-order valence-electron chi connectivity index (χ0n) is 10.4. The number of urea groups is 2. The highest BCUT2D eigenvalue weighted by Crippen LogP contribution is 2.04. The molecule has 0 saturated carbocycles. The zero-order valence-corrected chi connectivity index (χ0v) is 10.4. The van der Waals surface area contributed by atoms with Gasteiger partial charge >= 0.3 is 12.1 Å². The second-order valence-electron chi connectivity index (χ2n) is 4.51. The van der Waals surface area contributed by atoms with Crippen molar-refractivity contribution in [2.75, 3.05) is 13.1 Å². The van der Waals surface area contributed by atoms with Crippen molar-refractivity contribution in [2.45, 2.75) is 38.5 Å². The van der Waals surface area contributed by atoms with E-state index in [-0.39, 0.29) is 0 Å². The SMILES string of the molecule is O=C(N=NC(=O)[N+]1=CCCCC1)[N+]1=CCCCC1. The van der Waals surface area contributed by atoms with E-state index in [1.54, 1.807) is 0 Å². The van der Waals surface area contributed by atoms with E-state index in [1.807, 2.05) is 12.4 Å². The molecule has 2 aliphatic rings. The minimum atomic E-state index is -0.444. The molecule has 0 unspecified atom stereocenters. The van der Waals surface area contributed by atoms with Crippen LogP contribution in [-0.2, 0) is 0 Å². The van der Waals surface area contributed by atoms with Crippen molar-refractivity contribution in [1.29, 1.82) is 0 Å². The summed E-state index contributed by atoms with van der Waals surface area (Å²) < 4.78 is 3.06. The van der Waals surface area contributed by atoms with Crippen LogP contribution in [0, 0.1) is 0 Å². The van der Waals surface area contributed by atoms with E-state index < -0.39 is 12.1 Å². The van der Waals surface area contributed by atoms with Crippen molar-refractivity contribution < 1.29 is 18.7 Å². The molecule has 2 aliphatic heterocycles. The van der Waals surface area contributed by atoms with E-state index in [1.165, 1.54) is 9.15 Å². The van der Waals surface area contributed by atoms with Gasteiger partial charge in [-0.15, -0.1) is 0 Å². The molecule has 6 nitrogen and oxygen atoms in total. The zero-order chi connectivity index (χ0) is 12.8. The molecular formula is C12H18N4O2+2. The van der Waals surface area contributed by atoms with Crippen LogP contribution in [0.25, 0.3) is 0 Å². The van der Waals surface area contributed by atoms with Crippen molar-refractivity contribution in [3.8, 4) is 0 Å². The summed E-state index contributed by atoms with van der Waals surface area (Å²) in [7, 11) is 0. The van der Waals surface area contributed by atoms with Crippen LogP contribution in [0.4, 0.5) is 9.59 Å². The summed E-state index contributed by atoms with van der Waals surface area (Å²) >= 11 is 0. The minimum absolute atomic E-state index is 0.444. The third-order valence-electron chi connectivity index (χ3n) is 3.12. The van der Waals surface area contributed by atoms with E-state index in [2.05, 4.69) is 10.2 Å². The lowest BCUT2D eigenvalue weighted by Gasteiger charge is -2.04. The standard InChI is InChI=1S/C12H18N4O2/c17-11(15-7-3-1-4-8-15)13-14-12(18)16-9-5-2-6-10-16/h7,9H,1-6,8,10H2/q+2. The largest absolute Gasteiger partial charge is 0.587 e. The van der Waals surface area contributed by atoms with E-state index >= 15 is 0 Å².